The second-order valence-corrected chi connectivity index (χ2v) is 7.50. The fourth-order valence-corrected chi connectivity index (χ4v) is 3.49. The van der Waals surface area contributed by atoms with E-state index in [0.717, 1.165) is 22.6 Å². The van der Waals surface area contributed by atoms with Gasteiger partial charge in [0.05, 0.1) is 6.04 Å². The van der Waals surface area contributed by atoms with Crippen LogP contribution in [0.25, 0.3) is 10.8 Å². The van der Waals surface area contributed by atoms with Crippen molar-refractivity contribution in [1.82, 2.24) is 5.32 Å². The molecule has 0 aromatic heterocycles. The summed E-state index contributed by atoms with van der Waals surface area (Å²) in [4.78, 5) is 36.5. The fourth-order valence-electron chi connectivity index (χ4n) is 3.49. The van der Waals surface area contributed by atoms with Crippen molar-refractivity contribution < 1.29 is 14.4 Å². The summed E-state index contributed by atoms with van der Waals surface area (Å²) in [6, 6.07) is 28.9. The van der Waals surface area contributed by atoms with E-state index in [9.17, 15) is 14.4 Å². The standard InChI is InChI=1S/C27H22N2O3/c30-18-25(16-19-6-2-1-3-7-19)29-26(31)21-12-14-24(15-13-21)28-27(32)23-11-10-20-8-4-5-9-22(20)17-23/h1-15,17-18,25H,16H2,(H,28,32)(H,29,31)/t25-/m0/s1. The predicted molar refractivity (Wildman–Crippen MR) is 126 cm³/mol. The van der Waals surface area contributed by atoms with Gasteiger partial charge in [-0.2, -0.15) is 0 Å². The maximum Gasteiger partial charge on any atom is 0.255 e. The van der Waals surface area contributed by atoms with E-state index in [0.29, 0.717) is 23.2 Å². The van der Waals surface area contributed by atoms with E-state index >= 15 is 0 Å². The smallest absolute Gasteiger partial charge is 0.255 e. The molecule has 0 spiro atoms. The maximum absolute atomic E-state index is 12.6. The van der Waals surface area contributed by atoms with Gasteiger partial charge in [-0.25, -0.2) is 0 Å². The molecule has 4 rings (SSSR count). The van der Waals surface area contributed by atoms with Gasteiger partial charge >= 0.3 is 0 Å². The van der Waals surface area contributed by atoms with Gasteiger partial charge in [0.15, 0.2) is 0 Å². The Balaban J connectivity index is 1.38. The first kappa shape index (κ1) is 21.0. The minimum atomic E-state index is -0.614. The van der Waals surface area contributed by atoms with E-state index in [4.69, 9.17) is 0 Å². The Morgan fingerprint density at radius 1 is 0.719 bits per heavy atom. The van der Waals surface area contributed by atoms with Gasteiger partial charge in [0, 0.05) is 16.8 Å². The molecule has 158 valence electrons. The Labute approximate surface area is 186 Å². The average molecular weight is 422 g/mol. The summed E-state index contributed by atoms with van der Waals surface area (Å²) in [5.41, 5.74) is 2.52. The van der Waals surface area contributed by atoms with Crippen LogP contribution in [0, 0.1) is 0 Å². The topological polar surface area (TPSA) is 75.3 Å². The minimum absolute atomic E-state index is 0.225. The third-order valence-corrected chi connectivity index (χ3v) is 5.20. The van der Waals surface area contributed by atoms with Crippen LogP contribution in [0.4, 0.5) is 5.69 Å². The maximum atomic E-state index is 12.6. The first-order valence-electron chi connectivity index (χ1n) is 10.3. The quantitative estimate of drug-likeness (QED) is 0.426. The highest BCUT2D eigenvalue weighted by Crippen LogP contribution is 2.17. The second kappa shape index (κ2) is 9.71. The normalized spacial score (nSPS) is 11.5. The minimum Gasteiger partial charge on any atom is -0.342 e. The highest BCUT2D eigenvalue weighted by Gasteiger charge is 2.14. The molecule has 2 amide bonds. The number of rotatable bonds is 7. The number of hydrogen-bond acceptors (Lipinski definition) is 3. The van der Waals surface area contributed by atoms with Crippen molar-refractivity contribution in [2.45, 2.75) is 12.5 Å². The van der Waals surface area contributed by atoms with Crippen LogP contribution in [-0.2, 0) is 11.2 Å². The third kappa shape index (κ3) is 5.08. The summed E-state index contributed by atoms with van der Waals surface area (Å²) in [6.45, 7) is 0. The van der Waals surface area contributed by atoms with Crippen LogP contribution in [0.3, 0.4) is 0 Å². The largest absolute Gasteiger partial charge is 0.342 e. The number of fused-ring (bicyclic) bond motifs is 1. The van der Waals surface area contributed by atoms with Crippen molar-refractivity contribution in [1.29, 1.82) is 0 Å². The summed E-state index contributed by atoms with van der Waals surface area (Å²) in [7, 11) is 0. The molecule has 5 nitrogen and oxygen atoms in total. The molecule has 0 fully saturated rings. The van der Waals surface area contributed by atoms with Crippen molar-refractivity contribution >= 4 is 34.6 Å². The zero-order valence-corrected chi connectivity index (χ0v) is 17.3. The molecule has 5 heteroatoms. The molecule has 0 aliphatic carbocycles. The molecule has 2 N–H and O–H groups in total. The molecule has 0 aliphatic rings. The summed E-state index contributed by atoms with van der Waals surface area (Å²) < 4.78 is 0. The fraction of sp³-hybridized carbons (Fsp3) is 0.0741. The molecule has 4 aromatic rings. The van der Waals surface area contributed by atoms with Crippen molar-refractivity contribution in [3.8, 4) is 0 Å². The highest BCUT2D eigenvalue weighted by molar-refractivity contribution is 6.06. The molecule has 1 atom stereocenters. The predicted octanol–water partition coefficient (Wildman–Crippen LogP) is 4.63. The monoisotopic (exact) mass is 422 g/mol. The van der Waals surface area contributed by atoms with Gasteiger partial charge in [-0.05, 0) is 59.2 Å². The van der Waals surface area contributed by atoms with E-state index in [2.05, 4.69) is 10.6 Å². The second-order valence-electron chi connectivity index (χ2n) is 7.50. The van der Waals surface area contributed by atoms with Gasteiger partial charge in [0.25, 0.3) is 11.8 Å². The van der Waals surface area contributed by atoms with E-state index in [-0.39, 0.29) is 11.8 Å². The van der Waals surface area contributed by atoms with Crippen LogP contribution < -0.4 is 10.6 Å². The summed E-state index contributed by atoms with van der Waals surface area (Å²) in [5, 5.41) is 7.65. The van der Waals surface area contributed by atoms with Crippen molar-refractivity contribution in [2.24, 2.45) is 0 Å². The van der Waals surface area contributed by atoms with Gasteiger partial charge in [-0.1, -0.05) is 60.7 Å². The molecule has 0 saturated carbocycles. The molecule has 0 radical (unpaired) electrons. The number of aldehydes is 1. The van der Waals surface area contributed by atoms with Crippen molar-refractivity contribution in [3.05, 3.63) is 114 Å². The Bertz CT molecular complexity index is 1250. The van der Waals surface area contributed by atoms with E-state index in [1.807, 2.05) is 66.7 Å². The number of carbonyl (C=O) groups is 3. The van der Waals surface area contributed by atoms with Gasteiger partial charge in [0.2, 0.25) is 0 Å². The Kier molecular flexibility index (Phi) is 6.37. The Morgan fingerprint density at radius 2 is 1.38 bits per heavy atom. The van der Waals surface area contributed by atoms with Crippen LogP contribution in [0.15, 0.2) is 97.1 Å². The summed E-state index contributed by atoms with van der Waals surface area (Å²) >= 11 is 0. The van der Waals surface area contributed by atoms with Crippen LogP contribution >= 0.6 is 0 Å². The molecule has 32 heavy (non-hydrogen) atoms. The lowest BCUT2D eigenvalue weighted by Crippen LogP contribution is -2.37. The van der Waals surface area contributed by atoms with Crippen LogP contribution in [0.5, 0.6) is 0 Å². The van der Waals surface area contributed by atoms with Crippen LogP contribution in [0.1, 0.15) is 26.3 Å². The molecule has 0 unspecified atom stereocenters. The highest BCUT2D eigenvalue weighted by atomic mass is 16.2. The molecule has 0 aliphatic heterocycles. The molecule has 0 bridgehead atoms. The number of carbonyl (C=O) groups excluding carboxylic acids is 3. The van der Waals surface area contributed by atoms with Crippen LogP contribution in [-0.4, -0.2) is 24.1 Å². The lowest BCUT2D eigenvalue weighted by molar-refractivity contribution is -0.109. The van der Waals surface area contributed by atoms with Gasteiger partial charge < -0.3 is 15.4 Å². The number of nitrogens with one attached hydrogen (secondary N) is 2. The first-order valence-corrected chi connectivity index (χ1v) is 10.3. The molecule has 0 saturated heterocycles. The first-order chi connectivity index (χ1) is 15.6. The zero-order chi connectivity index (χ0) is 22.3. The average Bonchev–Trinajstić information content (AvgIpc) is 2.84. The molecule has 0 heterocycles. The lowest BCUT2D eigenvalue weighted by atomic mass is 10.1. The van der Waals surface area contributed by atoms with Gasteiger partial charge in [0.1, 0.15) is 6.29 Å². The number of anilines is 1. The number of amides is 2. The number of hydrogen-bond donors (Lipinski definition) is 2. The lowest BCUT2D eigenvalue weighted by Gasteiger charge is -2.13. The summed E-state index contributed by atoms with van der Waals surface area (Å²) in [5.74, 6) is -0.567. The molecule has 4 aromatic carbocycles. The van der Waals surface area contributed by atoms with Crippen LogP contribution in [0.2, 0.25) is 0 Å². The van der Waals surface area contributed by atoms with Crippen molar-refractivity contribution in [2.75, 3.05) is 5.32 Å². The molecular weight excluding hydrogens is 400 g/mol. The zero-order valence-electron chi connectivity index (χ0n) is 17.3. The van der Waals surface area contributed by atoms with E-state index in [1.165, 1.54) is 0 Å². The van der Waals surface area contributed by atoms with Gasteiger partial charge in [-0.3, -0.25) is 9.59 Å². The van der Waals surface area contributed by atoms with E-state index in [1.54, 1.807) is 30.3 Å². The van der Waals surface area contributed by atoms with Crippen molar-refractivity contribution in [3.63, 3.8) is 0 Å². The van der Waals surface area contributed by atoms with Gasteiger partial charge in [-0.15, -0.1) is 0 Å². The number of benzene rings is 4. The third-order valence-electron chi connectivity index (χ3n) is 5.20. The van der Waals surface area contributed by atoms with E-state index < -0.39 is 6.04 Å². The SMILES string of the molecule is O=C[C@H](Cc1ccccc1)NC(=O)c1ccc(NC(=O)c2ccc3ccccc3c2)cc1. The Morgan fingerprint density at radius 3 is 2.09 bits per heavy atom. The Hall–Kier alpha value is -4.25. The summed E-state index contributed by atoms with van der Waals surface area (Å²) in [6.07, 6.45) is 1.17. The molecular formula is C27H22N2O3.